The van der Waals surface area contributed by atoms with E-state index in [4.69, 9.17) is 0 Å². The average molecular weight is 177 g/mol. The Morgan fingerprint density at radius 3 is 2.62 bits per heavy atom. The Kier molecular flexibility index (Phi) is 2.54. The van der Waals surface area contributed by atoms with E-state index in [9.17, 15) is 0 Å². The van der Waals surface area contributed by atoms with Gasteiger partial charge >= 0.3 is 0 Å². The van der Waals surface area contributed by atoms with Crippen LogP contribution in [0.1, 0.15) is 19.8 Å². The molecule has 0 bridgehead atoms. The first kappa shape index (κ1) is 9.01. The minimum Gasteiger partial charge on any atom is -0.304 e. The lowest BCUT2D eigenvalue weighted by Crippen LogP contribution is -2.28. The topological polar surface area (TPSA) is 3.24 Å². The van der Waals surface area contributed by atoms with Crippen LogP contribution in [0.5, 0.6) is 0 Å². The van der Waals surface area contributed by atoms with Crippen LogP contribution in [0, 0.1) is 11.8 Å². The van der Waals surface area contributed by atoms with Gasteiger partial charge in [0.1, 0.15) is 0 Å². The monoisotopic (exact) mass is 177 g/mol. The smallest absolute Gasteiger partial charge is 0.00697 e. The summed E-state index contributed by atoms with van der Waals surface area (Å²) < 4.78 is 0. The predicted octanol–water partition coefficient (Wildman–Crippen LogP) is 2.46. The molecule has 0 aromatic rings. The molecular formula is C12H19N. The van der Waals surface area contributed by atoms with E-state index >= 15 is 0 Å². The average Bonchev–Trinajstić information content (AvgIpc) is 2.28. The van der Waals surface area contributed by atoms with Crippen LogP contribution in [0.15, 0.2) is 24.3 Å². The largest absolute Gasteiger partial charge is 0.304 e. The van der Waals surface area contributed by atoms with Crippen molar-refractivity contribution in [2.75, 3.05) is 13.6 Å². The number of hydrogen-bond donors (Lipinski definition) is 0. The van der Waals surface area contributed by atoms with Crippen molar-refractivity contribution >= 4 is 0 Å². The summed E-state index contributed by atoms with van der Waals surface area (Å²) in [4.78, 5) is 2.49. The Bertz CT molecular complexity index is 229. The molecule has 1 saturated heterocycles. The van der Waals surface area contributed by atoms with Crippen molar-refractivity contribution in [3.63, 3.8) is 0 Å². The molecule has 0 amide bonds. The van der Waals surface area contributed by atoms with Gasteiger partial charge in [-0.2, -0.15) is 0 Å². The molecule has 0 radical (unpaired) electrons. The van der Waals surface area contributed by atoms with E-state index in [0.29, 0.717) is 0 Å². The molecule has 0 N–H and O–H groups in total. The van der Waals surface area contributed by atoms with E-state index < -0.39 is 0 Å². The number of likely N-dealkylation sites (tertiary alicyclic amines) is 1. The van der Waals surface area contributed by atoms with Gasteiger partial charge in [-0.15, -0.1) is 0 Å². The number of rotatable bonds is 0. The second-order valence-corrected chi connectivity index (χ2v) is 4.45. The predicted molar refractivity (Wildman–Crippen MR) is 56.6 cm³/mol. The lowest BCUT2D eigenvalue weighted by molar-refractivity contribution is 0.258. The molecule has 1 heterocycles. The summed E-state index contributed by atoms with van der Waals surface area (Å²) in [6.07, 6.45) is 11.8. The summed E-state index contributed by atoms with van der Waals surface area (Å²) in [5.41, 5.74) is 0. The van der Waals surface area contributed by atoms with Gasteiger partial charge in [0.25, 0.3) is 0 Å². The maximum absolute atomic E-state index is 2.49. The summed E-state index contributed by atoms with van der Waals surface area (Å²) in [6, 6.07) is 0.742. The molecule has 1 heteroatoms. The summed E-state index contributed by atoms with van der Waals surface area (Å²) in [5.74, 6) is 1.60. The van der Waals surface area contributed by atoms with Gasteiger partial charge in [-0.05, 0) is 45.2 Å². The van der Waals surface area contributed by atoms with E-state index in [0.717, 1.165) is 17.9 Å². The van der Waals surface area contributed by atoms with Crippen LogP contribution in [0.3, 0.4) is 0 Å². The highest BCUT2D eigenvalue weighted by atomic mass is 15.1. The lowest BCUT2D eigenvalue weighted by atomic mass is 9.83. The Labute approximate surface area is 81.1 Å². The van der Waals surface area contributed by atoms with Gasteiger partial charge in [0.2, 0.25) is 0 Å². The van der Waals surface area contributed by atoms with Crippen molar-refractivity contribution in [1.82, 2.24) is 4.90 Å². The quantitative estimate of drug-likeness (QED) is 0.549. The maximum atomic E-state index is 2.49. The van der Waals surface area contributed by atoms with Crippen LogP contribution in [0.4, 0.5) is 0 Å². The van der Waals surface area contributed by atoms with Crippen molar-refractivity contribution in [1.29, 1.82) is 0 Å². The van der Waals surface area contributed by atoms with Gasteiger partial charge in [0.15, 0.2) is 0 Å². The van der Waals surface area contributed by atoms with Crippen molar-refractivity contribution in [3.8, 4) is 0 Å². The van der Waals surface area contributed by atoms with Gasteiger partial charge in [-0.1, -0.05) is 24.3 Å². The van der Waals surface area contributed by atoms with Crippen molar-refractivity contribution in [2.45, 2.75) is 25.8 Å². The Balaban J connectivity index is 2.10. The van der Waals surface area contributed by atoms with Gasteiger partial charge in [0.05, 0.1) is 0 Å². The molecule has 72 valence electrons. The van der Waals surface area contributed by atoms with Crippen LogP contribution in [0.2, 0.25) is 0 Å². The third-order valence-electron chi connectivity index (χ3n) is 3.56. The molecule has 0 aromatic heterocycles. The normalized spacial score (nSPS) is 40.0. The third kappa shape index (κ3) is 1.86. The highest BCUT2D eigenvalue weighted by Gasteiger charge is 2.26. The van der Waals surface area contributed by atoms with Gasteiger partial charge < -0.3 is 4.90 Å². The molecule has 2 rings (SSSR count). The zero-order chi connectivity index (χ0) is 9.26. The summed E-state index contributed by atoms with van der Waals surface area (Å²) >= 11 is 0. The molecule has 1 aliphatic heterocycles. The Morgan fingerprint density at radius 2 is 1.85 bits per heavy atom. The highest BCUT2D eigenvalue weighted by Crippen LogP contribution is 2.31. The number of nitrogens with zero attached hydrogens (tertiary/aromatic N) is 1. The molecule has 3 atom stereocenters. The molecule has 1 aliphatic carbocycles. The Hall–Kier alpha value is -0.560. The summed E-state index contributed by atoms with van der Waals surface area (Å²) in [6.45, 7) is 3.59. The van der Waals surface area contributed by atoms with E-state index in [1.165, 1.54) is 19.4 Å². The van der Waals surface area contributed by atoms with E-state index in [1.807, 2.05) is 0 Å². The highest BCUT2D eigenvalue weighted by molar-refractivity contribution is 5.15. The molecular weight excluding hydrogens is 158 g/mol. The number of allylic oxidation sites excluding steroid dienone is 4. The SMILES string of the molecule is CC1CC2C=CC=CC2CCN1C. The van der Waals surface area contributed by atoms with Crippen LogP contribution >= 0.6 is 0 Å². The fourth-order valence-electron chi connectivity index (χ4n) is 2.41. The van der Waals surface area contributed by atoms with E-state index in [-0.39, 0.29) is 0 Å². The maximum Gasteiger partial charge on any atom is 0.00697 e. The third-order valence-corrected chi connectivity index (χ3v) is 3.56. The summed E-state index contributed by atoms with van der Waals surface area (Å²) in [5, 5.41) is 0. The first-order chi connectivity index (χ1) is 6.27. The first-order valence-electron chi connectivity index (χ1n) is 5.32. The fourth-order valence-corrected chi connectivity index (χ4v) is 2.41. The number of fused-ring (bicyclic) bond motifs is 1. The van der Waals surface area contributed by atoms with Gasteiger partial charge in [-0.3, -0.25) is 0 Å². The van der Waals surface area contributed by atoms with Crippen molar-refractivity contribution in [3.05, 3.63) is 24.3 Å². The van der Waals surface area contributed by atoms with Crippen LogP contribution in [-0.2, 0) is 0 Å². The minimum atomic E-state index is 0.742. The van der Waals surface area contributed by atoms with E-state index in [1.54, 1.807) is 0 Å². The van der Waals surface area contributed by atoms with Crippen LogP contribution in [0.25, 0.3) is 0 Å². The zero-order valence-corrected chi connectivity index (χ0v) is 8.61. The number of hydrogen-bond acceptors (Lipinski definition) is 1. The Morgan fingerprint density at radius 1 is 1.15 bits per heavy atom. The van der Waals surface area contributed by atoms with Gasteiger partial charge in [-0.25, -0.2) is 0 Å². The molecule has 0 saturated carbocycles. The first-order valence-corrected chi connectivity index (χ1v) is 5.32. The van der Waals surface area contributed by atoms with Crippen LogP contribution in [-0.4, -0.2) is 24.5 Å². The molecule has 2 aliphatic rings. The lowest BCUT2D eigenvalue weighted by Gasteiger charge is -2.23. The zero-order valence-electron chi connectivity index (χ0n) is 8.61. The van der Waals surface area contributed by atoms with Crippen LogP contribution < -0.4 is 0 Å². The molecule has 3 unspecified atom stereocenters. The molecule has 0 aromatic carbocycles. The minimum absolute atomic E-state index is 0.742. The van der Waals surface area contributed by atoms with E-state index in [2.05, 4.69) is 43.2 Å². The van der Waals surface area contributed by atoms with Crippen molar-refractivity contribution < 1.29 is 0 Å². The second kappa shape index (κ2) is 3.67. The second-order valence-electron chi connectivity index (χ2n) is 4.45. The molecule has 1 fully saturated rings. The molecule has 13 heavy (non-hydrogen) atoms. The van der Waals surface area contributed by atoms with Gasteiger partial charge in [0, 0.05) is 6.04 Å². The molecule has 0 spiro atoms. The fraction of sp³-hybridized carbons (Fsp3) is 0.667. The summed E-state index contributed by atoms with van der Waals surface area (Å²) in [7, 11) is 2.25. The standard InChI is InChI=1S/C12H19N/c1-10-9-12-6-4-3-5-11(12)7-8-13(10)2/h3-6,10-12H,7-9H2,1-2H3. The van der Waals surface area contributed by atoms with Crippen molar-refractivity contribution in [2.24, 2.45) is 11.8 Å². The molecule has 1 nitrogen and oxygen atoms in total.